The summed E-state index contributed by atoms with van der Waals surface area (Å²) >= 11 is 0. The molecule has 2 aromatic rings. The molecule has 32 heavy (non-hydrogen) atoms. The molecule has 4 nitrogen and oxygen atoms in total. The SMILES string of the molecule is C=CCc1ccccc1O.CCCCCCCCCCCCOS(=O)(=O)c1ccccc1. The number of phenolic OH excluding ortho intramolecular Hbond substituents is 1. The molecule has 178 valence electrons. The minimum absolute atomic E-state index is 0.238. The van der Waals surface area contributed by atoms with Crippen LogP contribution < -0.4 is 0 Å². The van der Waals surface area contributed by atoms with E-state index in [1.165, 1.54) is 51.4 Å². The number of rotatable bonds is 15. The fourth-order valence-corrected chi connectivity index (χ4v) is 4.22. The van der Waals surface area contributed by atoms with Gasteiger partial charge in [-0.05, 0) is 36.6 Å². The van der Waals surface area contributed by atoms with Crippen molar-refractivity contribution in [3.8, 4) is 5.75 Å². The summed E-state index contributed by atoms with van der Waals surface area (Å²) < 4.78 is 28.8. The molecule has 2 aromatic carbocycles. The molecule has 0 amide bonds. The molecule has 0 aromatic heterocycles. The lowest BCUT2D eigenvalue weighted by Crippen LogP contribution is -2.07. The fraction of sp³-hybridized carbons (Fsp3) is 0.481. The van der Waals surface area contributed by atoms with Gasteiger partial charge >= 0.3 is 0 Å². The number of para-hydroxylation sites is 1. The van der Waals surface area contributed by atoms with Gasteiger partial charge in [0.15, 0.2) is 0 Å². The zero-order valence-electron chi connectivity index (χ0n) is 19.5. The molecule has 0 heterocycles. The zero-order chi connectivity index (χ0) is 23.5. The Hall–Kier alpha value is -2.11. The van der Waals surface area contributed by atoms with Crippen molar-refractivity contribution in [2.45, 2.75) is 82.4 Å². The Morgan fingerprint density at radius 1 is 0.812 bits per heavy atom. The zero-order valence-corrected chi connectivity index (χ0v) is 20.4. The van der Waals surface area contributed by atoms with Crippen molar-refractivity contribution < 1.29 is 17.7 Å². The summed E-state index contributed by atoms with van der Waals surface area (Å²) in [5, 5.41) is 9.19. The maximum absolute atomic E-state index is 11.9. The molecule has 0 spiro atoms. The molecule has 0 fully saturated rings. The summed E-state index contributed by atoms with van der Waals surface area (Å²) in [5.74, 6) is 0.349. The molecule has 0 radical (unpaired) electrons. The summed E-state index contributed by atoms with van der Waals surface area (Å²) in [6, 6.07) is 15.6. The largest absolute Gasteiger partial charge is 0.508 e. The number of aromatic hydroxyl groups is 1. The molecule has 5 heteroatoms. The van der Waals surface area contributed by atoms with E-state index < -0.39 is 10.1 Å². The summed E-state index contributed by atoms with van der Waals surface area (Å²) in [7, 11) is -3.57. The van der Waals surface area contributed by atoms with Crippen molar-refractivity contribution >= 4 is 10.1 Å². The normalized spacial score (nSPS) is 10.9. The van der Waals surface area contributed by atoms with E-state index in [0.717, 1.165) is 24.8 Å². The molecule has 0 atom stereocenters. The Balaban J connectivity index is 0.000000425. The van der Waals surface area contributed by atoms with Gasteiger partial charge in [-0.2, -0.15) is 8.42 Å². The van der Waals surface area contributed by atoms with Crippen molar-refractivity contribution in [1.29, 1.82) is 0 Å². The summed E-state index contributed by atoms with van der Waals surface area (Å²) in [5.41, 5.74) is 0.928. The number of benzene rings is 2. The maximum atomic E-state index is 11.9. The molecule has 1 N–H and O–H groups in total. The molecule has 0 aliphatic heterocycles. The molecule has 0 bridgehead atoms. The molecule has 0 aliphatic rings. The third-order valence-corrected chi connectivity index (χ3v) is 6.45. The fourth-order valence-electron chi connectivity index (χ4n) is 3.25. The molecular weight excluding hydrogens is 420 g/mol. The average molecular weight is 461 g/mol. The quantitative estimate of drug-likeness (QED) is 0.170. The maximum Gasteiger partial charge on any atom is 0.296 e. The second kappa shape index (κ2) is 17.4. The van der Waals surface area contributed by atoms with Crippen LogP contribution in [0.4, 0.5) is 0 Å². The van der Waals surface area contributed by atoms with Crippen molar-refractivity contribution in [1.82, 2.24) is 0 Å². The van der Waals surface area contributed by atoms with Crippen LogP contribution in [0.3, 0.4) is 0 Å². The van der Waals surface area contributed by atoms with Crippen molar-refractivity contribution in [3.05, 3.63) is 72.8 Å². The third kappa shape index (κ3) is 12.7. The van der Waals surface area contributed by atoms with Crippen LogP contribution in [0.1, 0.15) is 76.7 Å². The van der Waals surface area contributed by atoms with Crippen molar-refractivity contribution in [2.24, 2.45) is 0 Å². The number of hydrogen-bond acceptors (Lipinski definition) is 4. The van der Waals surface area contributed by atoms with E-state index in [9.17, 15) is 13.5 Å². The Labute approximate surface area is 195 Å². The Morgan fingerprint density at radius 2 is 1.34 bits per heavy atom. The van der Waals surface area contributed by atoms with Crippen LogP contribution in [-0.2, 0) is 20.7 Å². The highest BCUT2D eigenvalue weighted by atomic mass is 32.2. The van der Waals surface area contributed by atoms with E-state index in [1.54, 1.807) is 42.5 Å². The second-order valence-electron chi connectivity index (χ2n) is 7.89. The van der Waals surface area contributed by atoms with E-state index in [0.29, 0.717) is 5.75 Å². The predicted octanol–water partition coefficient (Wildman–Crippen LogP) is 7.43. The van der Waals surface area contributed by atoms with Crippen LogP contribution in [0.5, 0.6) is 5.75 Å². The number of hydrogen-bond donors (Lipinski definition) is 1. The van der Waals surface area contributed by atoms with Crippen LogP contribution in [0.15, 0.2) is 72.1 Å². The van der Waals surface area contributed by atoms with Gasteiger partial charge in [-0.15, -0.1) is 6.58 Å². The highest BCUT2D eigenvalue weighted by Crippen LogP contribution is 2.16. The van der Waals surface area contributed by atoms with E-state index in [2.05, 4.69) is 13.5 Å². The van der Waals surface area contributed by atoms with Gasteiger partial charge in [-0.25, -0.2) is 0 Å². The van der Waals surface area contributed by atoms with Crippen LogP contribution in [0.2, 0.25) is 0 Å². The molecular formula is C27H40O4S. The number of phenols is 1. The van der Waals surface area contributed by atoms with E-state index in [1.807, 2.05) is 18.2 Å². The number of allylic oxidation sites excluding steroid dienone is 1. The van der Waals surface area contributed by atoms with Crippen molar-refractivity contribution in [3.63, 3.8) is 0 Å². The first-order valence-corrected chi connectivity index (χ1v) is 13.2. The van der Waals surface area contributed by atoms with Gasteiger partial charge in [0.1, 0.15) is 5.75 Å². The highest BCUT2D eigenvalue weighted by Gasteiger charge is 2.13. The molecule has 0 saturated heterocycles. The molecule has 2 rings (SSSR count). The highest BCUT2D eigenvalue weighted by molar-refractivity contribution is 7.86. The van der Waals surface area contributed by atoms with Crippen LogP contribution in [-0.4, -0.2) is 20.1 Å². The Bertz CT molecular complexity index is 832. The first-order chi connectivity index (χ1) is 15.5. The first kappa shape index (κ1) is 27.9. The third-order valence-electron chi connectivity index (χ3n) is 5.12. The second-order valence-corrected chi connectivity index (χ2v) is 9.51. The van der Waals surface area contributed by atoms with Gasteiger partial charge in [0.2, 0.25) is 0 Å². The summed E-state index contributed by atoms with van der Waals surface area (Å²) in [6.07, 6.45) is 14.8. The van der Waals surface area contributed by atoms with Gasteiger partial charge < -0.3 is 5.11 Å². The smallest absolute Gasteiger partial charge is 0.296 e. The van der Waals surface area contributed by atoms with Gasteiger partial charge in [0.25, 0.3) is 10.1 Å². The van der Waals surface area contributed by atoms with E-state index in [4.69, 9.17) is 4.18 Å². The standard InChI is InChI=1S/C18H30O3S.C9H10O/c1-2-3-4-5-6-7-8-9-10-14-17-21-22(19,20)18-15-12-11-13-16-18;1-2-5-8-6-3-4-7-9(8)10/h11-13,15-16H,2-10,14,17H2,1H3;2-4,6-7,10H,1,5H2. The molecule has 0 saturated carbocycles. The summed E-state index contributed by atoms with van der Waals surface area (Å²) in [6.45, 7) is 6.11. The minimum atomic E-state index is -3.57. The predicted molar refractivity (Wildman–Crippen MR) is 133 cm³/mol. The molecule has 0 unspecified atom stereocenters. The van der Waals surface area contributed by atoms with Crippen LogP contribution in [0.25, 0.3) is 0 Å². The van der Waals surface area contributed by atoms with Gasteiger partial charge in [0.05, 0.1) is 11.5 Å². The average Bonchev–Trinajstić information content (AvgIpc) is 2.80. The minimum Gasteiger partial charge on any atom is -0.508 e. The topological polar surface area (TPSA) is 63.6 Å². The Morgan fingerprint density at radius 3 is 1.91 bits per heavy atom. The number of unbranched alkanes of at least 4 members (excludes halogenated alkanes) is 9. The lowest BCUT2D eigenvalue weighted by atomic mass is 10.1. The van der Waals surface area contributed by atoms with Crippen LogP contribution >= 0.6 is 0 Å². The molecule has 0 aliphatic carbocycles. The lowest BCUT2D eigenvalue weighted by Gasteiger charge is -2.05. The summed E-state index contributed by atoms with van der Waals surface area (Å²) in [4.78, 5) is 0.238. The van der Waals surface area contributed by atoms with Gasteiger partial charge in [-0.1, -0.05) is 107 Å². The van der Waals surface area contributed by atoms with Crippen LogP contribution in [0, 0.1) is 0 Å². The Kier molecular flexibility index (Phi) is 15.2. The van der Waals surface area contributed by atoms with E-state index >= 15 is 0 Å². The van der Waals surface area contributed by atoms with Gasteiger partial charge in [-0.3, -0.25) is 4.18 Å². The van der Waals surface area contributed by atoms with Crippen molar-refractivity contribution in [2.75, 3.05) is 6.61 Å². The first-order valence-electron chi connectivity index (χ1n) is 11.8. The van der Waals surface area contributed by atoms with Gasteiger partial charge in [0, 0.05) is 0 Å². The lowest BCUT2D eigenvalue weighted by molar-refractivity contribution is 0.306. The monoisotopic (exact) mass is 460 g/mol. The van der Waals surface area contributed by atoms with E-state index in [-0.39, 0.29) is 11.5 Å².